The number of hydrogen-bond donors (Lipinski definition) is 6. The fraction of sp³-hybridized carbons (Fsp3) is 0.0526. The van der Waals surface area contributed by atoms with Crippen molar-refractivity contribution in [3.8, 4) is 17.2 Å². The second kappa shape index (κ2) is 16.6. The van der Waals surface area contributed by atoms with E-state index in [2.05, 4.69) is 25.8 Å². The van der Waals surface area contributed by atoms with Crippen molar-refractivity contribution in [1.29, 1.82) is 0 Å². The van der Waals surface area contributed by atoms with E-state index in [0.29, 0.717) is 16.5 Å². The molecule has 6 rings (SSSR count). The lowest BCUT2D eigenvalue weighted by Gasteiger charge is -2.14. The van der Waals surface area contributed by atoms with Crippen LogP contribution < -0.4 is 20.5 Å². The summed E-state index contributed by atoms with van der Waals surface area (Å²) in [6, 6.07) is 25.0. The quantitative estimate of drug-likeness (QED) is 0.0274. The average molecular weight is 861 g/mol. The third kappa shape index (κ3) is 9.69. The van der Waals surface area contributed by atoms with E-state index in [-0.39, 0.29) is 51.1 Å². The van der Waals surface area contributed by atoms with Crippen LogP contribution in [0.25, 0.3) is 22.9 Å². The molecular formula is C38H32N6O12S3. The molecule has 0 amide bonds. The van der Waals surface area contributed by atoms with Gasteiger partial charge in [-0.05, 0) is 77.2 Å². The number of nitrogens with two attached hydrogens (primary N) is 1. The van der Waals surface area contributed by atoms with E-state index < -0.39 is 50.8 Å². The number of nitrogens with zero attached hydrogens (tertiary/aromatic N) is 4. The number of methoxy groups -OCH3 is 2. The fourth-order valence-corrected chi connectivity index (χ4v) is 7.80. The molecule has 59 heavy (non-hydrogen) atoms. The Labute approximate surface area is 337 Å². The molecule has 0 aromatic heterocycles. The third-order valence-electron chi connectivity index (χ3n) is 8.42. The highest BCUT2D eigenvalue weighted by Gasteiger charge is 2.24. The summed E-state index contributed by atoms with van der Waals surface area (Å²) in [5.74, 6) is -0.590. The summed E-state index contributed by atoms with van der Waals surface area (Å²) in [6.45, 7) is 0. The Balaban J connectivity index is 1.32. The van der Waals surface area contributed by atoms with Crippen molar-refractivity contribution >= 4 is 93.1 Å². The maximum absolute atomic E-state index is 12.6. The van der Waals surface area contributed by atoms with Crippen molar-refractivity contribution in [3.63, 3.8) is 0 Å². The first-order valence-corrected chi connectivity index (χ1v) is 21.0. The number of phenolic OH excluding ortho intramolecular Hbond substituents is 1. The Morgan fingerprint density at radius 1 is 0.610 bits per heavy atom. The number of fused-ring (bicyclic) bond motifs is 1. The highest BCUT2D eigenvalue weighted by molar-refractivity contribution is 7.86. The van der Waals surface area contributed by atoms with Crippen molar-refractivity contribution in [2.24, 2.45) is 20.5 Å². The average Bonchev–Trinajstić information content (AvgIpc) is 3.18. The smallest absolute Gasteiger partial charge is 0.296 e. The predicted octanol–water partition coefficient (Wildman–Crippen LogP) is 8.63. The Hall–Kier alpha value is -6.75. The zero-order valence-electron chi connectivity index (χ0n) is 30.6. The van der Waals surface area contributed by atoms with Gasteiger partial charge in [-0.15, -0.1) is 15.3 Å². The van der Waals surface area contributed by atoms with E-state index >= 15 is 0 Å². The summed E-state index contributed by atoms with van der Waals surface area (Å²) in [5.41, 5.74) is 6.22. The van der Waals surface area contributed by atoms with Crippen LogP contribution >= 0.6 is 0 Å². The number of azo groups is 2. The van der Waals surface area contributed by atoms with Crippen LogP contribution in [0.3, 0.4) is 0 Å². The molecule has 6 aromatic carbocycles. The molecule has 0 aliphatic heterocycles. The number of hydrogen-bond acceptors (Lipinski definition) is 15. The monoisotopic (exact) mass is 860 g/mol. The maximum atomic E-state index is 12.6. The first-order chi connectivity index (χ1) is 27.8. The zero-order valence-corrected chi connectivity index (χ0v) is 33.1. The van der Waals surface area contributed by atoms with Crippen molar-refractivity contribution in [1.82, 2.24) is 0 Å². The molecule has 0 radical (unpaired) electrons. The summed E-state index contributed by atoms with van der Waals surface area (Å²) in [7, 11) is -11.9. The SMILES string of the molecule is COc1cc(N=Nc2c(S(=O)(=O)O)cc3cc(Nc4ccccc4)ccc3c2OC)c(O)cc1N=Nc1ccc(C=Cc2ccc(N)cc2S(=O)(=O)O)c(S(=O)(=O)O)c1. The van der Waals surface area contributed by atoms with E-state index in [4.69, 9.17) is 15.2 Å². The normalized spacial score (nSPS) is 12.5. The molecule has 304 valence electrons. The Morgan fingerprint density at radius 3 is 1.86 bits per heavy atom. The summed E-state index contributed by atoms with van der Waals surface area (Å²) >= 11 is 0. The molecule has 0 atom stereocenters. The number of nitrogens with one attached hydrogen (secondary N) is 1. The second-order valence-corrected chi connectivity index (χ2v) is 16.5. The Bertz CT molecular complexity index is 3050. The van der Waals surface area contributed by atoms with E-state index in [1.165, 1.54) is 62.8 Å². The molecule has 0 unspecified atom stereocenters. The zero-order chi connectivity index (χ0) is 42.7. The van der Waals surface area contributed by atoms with Gasteiger partial charge in [-0.2, -0.15) is 30.4 Å². The van der Waals surface area contributed by atoms with Gasteiger partial charge in [0.05, 0.1) is 19.9 Å². The number of aromatic hydroxyl groups is 1. The molecule has 0 spiro atoms. The molecule has 18 nitrogen and oxygen atoms in total. The van der Waals surface area contributed by atoms with Crippen LogP contribution in [0.15, 0.2) is 138 Å². The van der Waals surface area contributed by atoms with Gasteiger partial charge in [-0.25, -0.2) is 0 Å². The van der Waals surface area contributed by atoms with Crippen molar-refractivity contribution in [2.45, 2.75) is 14.7 Å². The fourth-order valence-electron chi connectivity index (χ4n) is 5.72. The van der Waals surface area contributed by atoms with Crippen LogP contribution in [-0.2, 0) is 30.4 Å². The number of nitrogen functional groups attached to an aromatic ring is 1. The van der Waals surface area contributed by atoms with E-state index in [9.17, 15) is 44.0 Å². The molecule has 0 saturated carbocycles. The number of para-hydroxylation sites is 1. The van der Waals surface area contributed by atoms with Gasteiger partial charge >= 0.3 is 0 Å². The highest BCUT2D eigenvalue weighted by atomic mass is 32.2. The minimum absolute atomic E-state index is 0.0212. The van der Waals surface area contributed by atoms with E-state index in [0.717, 1.165) is 23.9 Å². The number of rotatable bonds is 13. The van der Waals surface area contributed by atoms with Crippen molar-refractivity contribution < 1.29 is 53.5 Å². The Kier molecular flexibility index (Phi) is 11.8. The van der Waals surface area contributed by atoms with Gasteiger partial charge < -0.3 is 25.6 Å². The van der Waals surface area contributed by atoms with Gasteiger partial charge in [0, 0.05) is 34.6 Å². The number of benzene rings is 6. The Morgan fingerprint density at radius 2 is 1.24 bits per heavy atom. The molecule has 6 aromatic rings. The van der Waals surface area contributed by atoms with Gasteiger partial charge in [0.1, 0.15) is 43.2 Å². The highest BCUT2D eigenvalue weighted by Crippen LogP contribution is 2.45. The van der Waals surface area contributed by atoms with Crippen molar-refractivity contribution in [2.75, 3.05) is 25.3 Å². The van der Waals surface area contributed by atoms with Crippen LogP contribution in [-0.4, -0.2) is 58.2 Å². The summed E-state index contributed by atoms with van der Waals surface area (Å²) in [6.07, 6.45) is 2.38. The topological polar surface area (TPSA) is 289 Å². The van der Waals surface area contributed by atoms with Crippen LogP contribution in [0.4, 0.5) is 39.8 Å². The minimum Gasteiger partial charge on any atom is -0.506 e. The van der Waals surface area contributed by atoms with Crippen molar-refractivity contribution in [3.05, 3.63) is 114 Å². The lowest BCUT2D eigenvalue weighted by atomic mass is 10.1. The first-order valence-electron chi connectivity index (χ1n) is 16.7. The summed E-state index contributed by atoms with van der Waals surface area (Å²) < 4.78 is 114. The molecule has 0 bridgehead atoms. The molecule has 0 saturated heterocycles. The number of phenols is 1. The summed E-state index contributed by atoms with van der Waals surface area (Å²) in [5, 5.41) is 31.0. The lowest BCUT2D eigenvalue weighted by Crippen LogP contribution is -2.02. The van der Waals surface area contributed by atoms with Crippen LogP contribution in [0, 0.1) is 0 Å². The molecule has 0 heterocycles. The van der Waals surface area contributed by atoms with Gasteiger partial charge in [0.25, 0.3) is 30.4 Å². The number of ether oxygens (including phenoxy) is 2. The lowest BCUT2D eigenvalue weighted by molar-refractivity contribution is 0.413. The van der Waals surface area contributed by atoms with Gasteiger partial charge in [0.15, 0.2) is 5.75 Å². The van der Waals surface area contributed by atoms with Gasteiger partial charge in [-0.3, -0.25) is 13.7 Å². The second-order valence-electron chi connectivity index (χ2n) is 12.4. The van der Waals surface area contributed by atoms with E-state index in [1.54, 1.807) is 18.2 Å². The third-order valence-corrected chi connectivity index (χ3v) is 11.1. The number of anilines is 3. The van der Waals surface area contributed by atoms with Gasteiger partial charge in [0.2, 0.25) is 0 Å². The van der Waals surface area contributed by atoms with E-state index in [1.807, 2.05) is 30.3 Å². The van der Waals surface area contributed by atoms with Crippen LogP contribution in [0.5, 0.6) is 17.2 Å². The molecule has 7 N–H and O–H groups in total. The molecule has 0 fully saturated rings. The first kappa shape index (κ1) is 41.9. The van der Waals surface area contributed by atoms with Crippen LogP contribution in [0.2, 0.25) is 0 Å². The molecule has 0 aliphatic rings. The maximum Gasteiger partial charge on any atom is 0.296 e. The van der Waals surface area contributed by atoms with Crippen LogP contribution in [0.1, 0.15) is 11.1 Å². The van der Waals surface area contributed by atoms with Gasteiger partial charge in [-0.1, -0.05) is 42.5 Å². The molecule has 0 aliphatic carbocycles. The largest absolute Gasteiger partial charge is 0.506 e. The summed E-state index contributed by atoms with van der Waals surface area (Å²) in [4.78, 5) is -1.78. The standard InChI is InChI=1S/C38H32N6O12S3/c1-55-33-21-30(42-44-37-36(59(52,53)54)17-24-16-27(14-15-29(24)38(37)56-2)40-26-6-4-3-5-7-26)32(45)20-31(33)43-41-28-13-11-23(35(19-28)58(49,50)51)9-8-22-10-12-25(39)18-34(22)57(46,47)48/h3-21,40,45H,39H2,1-2H3,(H,46,47,48)(H,49,50,51)(H,52,53,54). The minimum atomic E-state index is -4.90. The molecular weight excluding hydrogens is 829 g/mol. The molecule has 21 heteroatoms. The predicted molar refractivity (Wildman–Crippen MR) is 219 cm³/mol.